The number of amides is 1. The number of thiophene rings is 1. The highest BCUT2D eigenvalue weighted by atomic mass is 32.1. The number of fused-ring (bicyclic) bond motifs is 1. The third-order valence-electron chi connectivity index (χ3n) is 5.37. The van der Waals surface area contributed by atoms with Gasteiger partial charge in [-0.15, -0.1) is 17.9 Å². The van der Waals surface area contributed by atoms with Crippen LogP contribution in [-0.2, 0) is 16.0 Å². The number of nitrogens with zero attached hydrogens (tertiary/aromatic N) is 2. The molecule has 1 N–H and O–H groups in total. The van der Waals surface area contributed by atoms with Gasteiger partial charge in [0.05, 0.1) is 25.3 Å². The molecule has 0 saturated carbocycles. The van der Waals surface area contributed by atoms with Crippen LogP contribution in [-0.4, -0.2) is 72.9 Å². The predicted molar refractivity (Wildman–Crippen MR) is 124 cm³/mol. The molecule has 2 heterocycles. The Kier molecular flexibility index (Phi) is 9.23. The normalized spacial score (nSPS) is 16.6. The molecule has 2 unspecified atom stereocenters. The van der Waals surface area contributed by atoms with Crippen molar-refractivity contribution in [3.8, 4) is 5.75 Å². The van der Waals surface area contributed by atoms with Gasteiger partial charge in [-0.25, -0.2) is 4.39 Å². The first kappa shape index (κ1) is 24.4. The summed E-state index contributed by atoms with van der Waals surface area (Å²) in [4.78, 5) is 18.3. The third-order valence-corrected chi connectivity index (χ3v) is 6.36. The van der Waals surface area contributed by atoms with E-state index in [4.69, 9.17) is 9.47 Å². The van der Waals surface area contributed by atoms with E-state index in [0.29, 0.717) is 32.0 Å². The van der Waals surface area contributed by atoms with Crippen LogP contribution in [0, 0.1) is 5.82 Å². The Morgan fingerprint density at radius 3 is 2.91 bits per heavy atom. The number of hydrogen-bond donors (Lipinski definition) is 1. The first-order valence-electron chi connectivity index (χ1n) is 10.8. The van der Waals surface area contributed by atoms with Crippen LogP contribution in [0.25, 0.3) is 0 Å². The number of rotatable bonds is 12. The number of benzene rings is 1. The molecule has 0 aliphatic carbocycles. The number of ether oxygens (including phenoxy) is 2. The second kappa shape index (κ2) is 12.1. The molecule has 0 radical (unpaired) electrons. The zero-order chi connectivity index (χ0) is 22.9. The molecule has 1 aliphatic rings. The molecular weight excluding hydrogens is 431 g/mol. The van der Waals surface area contributed by atoms with Crippen LogP contribution >= 0.6 is 11.3 Å². The monoisotopic (exact) mass is 462 g/mol. The van der Waals surface area contributed by atoms with E-state index >= 15 is 0 Å². The van der Waals surface area contributed by atoms with Crippen molar-refractivity contribution in [1.29, 1.82) is 0 Å². The molecule has 32 heavy (non-hydrogen) atoms. The van der Waals surface area contributed by atoms with Gasteiger partial charge in [0.15, 0.2) is 0 Å². The molecule has 0 bridgehead atoms. The first-order valence-corrected chi connectivity index (χ1v) is 11.7. The van der Waals surface area contributed by atoms with E-state index in [-0.39, 0.29) is 37.5 Å². The van der Waals surface area contributed by atoms with E-state index < -0.39 is 6.10 Å². The van der Waals surface area contributed by atoms with Gasteiger partial charge < -0.3 is 19.5 Å². The van der Waals surface area contributed by atoms with Gasteiger partial charge in [0.2, 0.25) is 5.91 Å². The van der Waals surface area contributed by atoms with Gasteiger partial charge in [0.1, 0.15) is 18.2 Å². The smallest absolute Gasteiger partial charge is 0.237 e. The van der Waals surface area contributed by atoms with Gasteiger partial charge in [-0.3, -0.25) is 9.69 Å². The third kappa shape index (κ3) is 6.62. The molecule has 0 spiro atoms. The topological polar surface area (TPSA) is 62.2 Å². The van der Waals surface area contributed by atoms with Crippen LogP contribution in [0.5, 0.6) is 5.75 Å². The molecular formula is C24H31FN2O4S. The maximum absolute atomic E-state index is 13.3. The Hall–Kier alpha value is -2.26. The van der Waals surface area contributed by atoms with E-state index in [2.05, 4.69) is 6.58 Å². The second-order valence-electron chi connectivity index (χ2n) is 7.71. The lowest BCUT2D eigenvalue weighted by Gasteiger charge is -2.37. The fourth-order valence-corrected chi connectivity index (χ4v) is 4.78. The standard InChI is InChI=1S/C24H31FN2O4S/c1-3-11-26(14-19(28)16-30-4-2)15-24(29)27-12-9-23-21(10-13-32-23)22(27)17-31-20-7-5-18(25)6-8-20/h3,5-8,10,13,19,22,28H,1,4,9,11-12,14-17H2,2H3. The highest BCUT2D eigenvalue weighted by Crippen LogP contribution is 2.34. The van der Waals surface area contributed by atoms with Crippen LogP contribution in [0.4, 0.5) is 4.39 Å². The minimum atomic E-state index is -0.676. The zero-order valence-electron chi connectivity index (χ0n) is 18.4. The maximum Gasteiger partial charge on any atom is 0.237 e. The van der Waals surface area contributed by atoms with Crippen molar-refractivity contribution in [2.24, 2.45) is 0 Å². The summed E-state index contributed by atoms with van der Waals surface area (Å²) in [5, 5.41) is 12.3. The lowest BCUT2D eigenvalue weighted by molar-refractivity contribution is -0.136. The summed E-state index contributed by atoms with van der Waals surface area (Å²) >= 11 is 1.69. The van der Waals surface area contributed by atoms with Gasteiger partial charge in [0, 0.05) is 31.1 Å². The van der Waals surface area contributed by atoms with Gasteiger partial charge in [-0.1, -0.05) is 6.08 Å². The minimum Gasteiger partial charge on any atom is -0.491 e. The van der Waals surface area contributed by atoms with E-state index in [1.807, 2.05) is 28.2 Å². The fourth-order valence-electron chi connectivity index (χ4n) is 3.85. The van der Waals surface area contributed by atoms with Crippen LogP contribution in [0.1, 0.15) is 23.4 Å². The van der Waals surface area contributed by atoms with Crippen molar-refractivity contribution < 1.29 is 23.8 Å². The number of halogens is 1. The molecule has 1 aromatic carbocycles. The lowest BCUT2D eigenvalue weighted by atomic mass is 10.0. The predicted octanol–water partition coefficient (Wildman–Crippen LogP) is 3.28. The second-order valence-corrected chi connectivity index (χ2v) is 8.71. The minimum absolute atomic E-state index is 0.0278. The largest absolute Gasteiger partial charge is 0.491 e. The zero-order valence-corrected chi connectivity index (χ0v) is 19.2. The van der Waals surface area contributed by atoms with Crippen molar-refractivity contribution in [3.63, 3.8) is 0 Å². The summed E-state index contributed by atoms with van der Waals surface area (Å²) in [5.74, 6) is 0.217. The lowest BCUT2D eigenvalue weighted by Crippen LogP contribution is -2.48. The molecule has 3 rings (SSSR count). The Labute approximate surface area is 192 Å². The quantitative estimate of drug-likeness (QED) is 0.491. The molecule has 2 atom stereocenters. The summed E-state index contributed by atoms with van der Waals surface area (Å²) in [6.07, 6.45) is 1.86. The van der Waals surface area contributed by atoms with Crippen LogP contribution < -0.4 is 4.74 Å². The average molecular weight is 463 g/mol. The summed E-state index contributed by atoms with van der Waals surface area (Å²) in [5.41, 5.74) is 1.10. The van der Waals surface area contributed by atoms with Crippen molar-refractivity contribution in [3.05, 3.63) is 64.6 Å². The molecule has 174 valence electrons. The number of carbonyl (C=O) groups is 1. The molecule has 1 aliphatic heterocycles. The molecule has 6 nitrogen and oxygen atoms in total. The molecule has 1 aromatic heterocycles. The number of aliphatic hydroxyl groups excluding tert-OH is 1. The number of aliphatic hydroxyl groups is 1. The number of carbonyl (C=O) groups excluding carboxylic acids is 1. The molecule has 0 saturated heterocycles. The van der Waals surface area contributed by atoms with E-state index in [1.165, 1.54) is 17.0 Å². The summed E-state index contributed by atoms with van der Waals surface area (Å²) < 4.78 is 24.4. The Bertz CT molecular complexity index is 873. The van der Waals surface area contributed by atoms with Gasteiger partial charge in [0.25, 0.3) is 0 Å². The summed E-state index contributed by atoms with van der Waals surface area (Å²) in [6.45, 7) is 8.28. The first-order chi connectivity index (χ1) is 15.5. The van der Waals surface area contributed by atoms with Crippen molar-refractivity contribution >= 4 is 17.2 Å². The molecule has 2 aromatic rings. The Morgan fingerprint density at radius 1 is 1.41 bits per heavy atom. The van der Waals surface area contributed by atoms with Crippen LogP contribution in [0.3, 0.4) is 0 Å². The Balaban J connectivity index is 1.69. The SMILES string of the molecule is C=CCN(CC(=O)N1CCc2sccc2C1COc1ccc(F)cc1)CC(O)COCC. The molecule has 1 amide bonds. The van der Waals surface area contributed by atoms with Crippen molar-refractivity contribution in [2.75, 3.05) is 46.0 Å². The summed E-state index contributed by atoms with van der Waals surface area (Å²) in [7, 11) is 0. The number of hydrogen-bond acceptors (Lipinski definition) is 6. The maximum atomic E-state index is 13.3. The van der Waals surface area contributed by atoms with Gasteiger partial charge in [-0.05, 0) is 54.6 Å². The van der Waals surface area contributed by atoms with Gasteiger partial charge in [-0.2, -0.15) is 0 Å². The molecule has 0 fully saturated rings. The van der Waals surface area contributed by atoms with Crippen LogP contribution in [0.2, 0.25) is 0 Å². The van der Waals surface area contributed by atoms with Gasteiger partial charge >= 0.3 is 0 Å². The van der Waals surface area contributed by atoms with Crippen LogP contribution in [0.15, 0.2) is 48.4 Å². The highest BCUT2D eigenvalue weighted by Gasteiger charge is 2.33. The van der Waals surface area contributed by atoms with E-state index in [0.717, 1.165) is 12.0 Å². The van der Waals surface area contributed by atoms with E-state index in [9.17, 15) is 14.3 Å². The fraction of sp³-hybridized carbons (Fsp3) is 0.458. The molecule has 8 heteroatoms. The summed E-state index contributed by atoms with van der Waals surface area (Å²) in [6, 6.07) is 7.72. The highest BCUT2D eigenvalue weighted by molar-refractivity contribution is 7.10. The van der Waals surface area contributed by atoms with E-state index in [1.54, 1.807) is 29.5 Å². The van der Waals surface area contributed by atoms with Crippen molar-refractivity contribution in [2.45, 2.75) is 25.5 Å². The Morgan fingerprint density at radius 2 is 2.19 bits per heavy atom. The van der Waals surface area contributed by atoms with Crippen molar-refractivity contribution in [1.82, 2.24) is 9.80 Å². The average Bonchev–Trinajstić information content (AvgIpc) is 3.26.